The highest BCUT2D eigenvalue weighted by molar-refractivity contribution is 5.94. The first-order chi connectivity index (χ1) is 13.9. The second-order valence-corrected chi connectivity index (χ2v) is 8.24. The van der Waals surface area contributed by atoms with E-state index in [2.05, 4.69) is 43.2 Å². The van der Waals surface area contributed by atoms with Crippen LogP contribution in [0.1, 0.15) is 31.9 Å². The number of hydrogen-bond donors (Lipinski definition) is 1. The fourth-order valence-corrected chi connectivity index (χ4v) is 3.23. The van der Waals surface area contributed by atoms with Gasteiger partial charge >= 0.3 is 0 Å². The summed E-state index contributed by atoms with van der Waals surface area (Å²) < 4.78 is 5.96. The molecule has 0 radical (unpaired) electrons. The highest BCUT2D eigenvalue weighted by Gasteiger charge is 2.15. The summed E-state index contributed by atoms with van der Waals surface area (Å²) in [5, 5.41) is 2.93. The topological polar surface area (TPSA) is 55.1 Å². The molecule has 0 aliphatic heterocycles. The normalized spacial score (nSPS) is 11.6. The lowest BCUT2D eigenvalue weighted by Gasteiger charge is -2.18. The minimum Gasteiger partial charge on any atom is -0.436 e. The van der Waals surface area contributed by atoms with Gasteiger partial charge in [0.15, 0.2) is 5.58 Å². The third-order valence-electron chi connectivity index (χ3n) is 4.88. The number of hydrogen-bond acceptors (Lipinski definition) is 3. The quantitative estimate of drug-likeness (QED) is 0.471. The van der Waals surface area contributed by atoms with Crippen LogP contribution in [0.15, 0.2) is 77.2 Å². The van der Waals surface area contributed by atoms with Crippen LogP contribution in [-0.4, -0.2) is 10.9 Å². The Morgan fingerprint density at radius 1 is 0.966 bits per heavy atom. The first kappa shape index (κ1) is 18.9. The predicted molar refractivity (Wildman–Crippen MR) is 117 cm³/mol. The second kappa shape index (κ2) is 7.55. The highest BCUT2D eigenvalue weighted by Crippen LogP contribution is 2.29. The van der Waals surface area contributed by atoms with E-state index >= 15 is 0 Å². The SMILES string of the molecule is CC(C)(C)c1ccc(-c2nc3ccc(NC(=O)Cc4ccccc4)cc3o2)cc1. The molecule has 1 heterocycles. The summed E-state index contributed by atoms with van der Waals surface area (Å²) in [5.74, 6) is 0.515. The van der Waals surface area contributed by atoms with Crippen LogP contribution in [0.3, 0.4) is 0 Å². The zero-order chi connectivity index (χ0) is 20.4. The number of carbonyl (C=O) groups excluding carboxylic acids is 1. The maximum Gasteiger partial charge on any atom is 0.228 e. The van der Waals surface area contributed by atoms with Crippen LogP contribution < -0.4 is 5.32 Å². The minimum absolute atomic E-state index is 0.0620. The number of nitrogens with one attached hydrogen (secondary N) is 1. The average Bonchev–Trinajstić information content (AvgIpc) is 3.11. The van der Waals surface area contributed by atoms with Crippen LogP contribution in [-0.2, 0) is 16.6 Å². The molecule has 4 rings (SSSR count). The molecule has 0 aliphatic carbocycles. The molecule has 1 aromatic heterocycles. The predicted octanol–water partition coefficient (Wildman–Crippen LogP) is 5.97. The first-order valence-electron chi connectivity index (χ1n) is 9.74. The first-order valence-corrected chi connectivity index (χ1v) is 9.74. The van der Waals surface area contributed by atoms with Gasteiger partial charge in [0, 0.05) is 17.3 Å². The standard InChI is InChI=1S/C25H24N2O2/c1-25(2,3)19-11-9-18(10-12-19)24-27-21-14-13-20(16-22(21)29-24)26-23(28)15-17-7-5-4-6-8-17/h4-14,16H,15H2,1-3H3,(H,26,28). The van der Waals surface area contributed by atoms with Crippen molar-refractivity contribution in [3.63, 3.8) is 0 Å². The number of nitrogens with zero attached hydrogens (tertiary/aromatic N) is 1. The molecule has 1 amide bonds. The summed E-state index contributed by atoms with van der Waals surface area (Å²) in [5.41, 5.74) is 5.39. The van der Waals surface area contributed by atoms with E-state index in [1.165, 1.54) is 5.56 Å². The number of rotatable bonds is 4. The van der Waals surface area contributed by atoms with Crippen LogP contribution in [0.25, 0.3) is 22.6 Å². The van der Waals surface area contributed by atoms with Crippen molar-refractivity contribution in [1.29, 1.82) is 0 Å². The fraction of sp³-hybridized carbons (Fsp3) is 0.200. The highest BCUT2D eigenvalue weighted by atomic mass is 16.3. The summed E-state index contributed by atoms with van der Waals surface area (Å²) in [4.78, 5) is 16.9. The Labute approximate surface area is 170 Å². The van der Waals surface area contributed by atoms with Gasteiger partial charge in [-0.15, -0.1) is 0 Å². The van der Waals surface area contributed by atoms with Gasteiger partial charge in [0.25, 0.3) is 0 Å². The lowest BCUT2D eigenvalue weighted by molar-refractivity contribution is -0.115. The Morgan fingerprint density at radius 3 is 2.38 bits per heavy atom. The Morgan fingerprint density at radius 2 is 1.69 bits per heavy atom. The molecular formula is C25H24N2O2. The van der Waals surface area contributed by atoms with Gasteiger partial charge in [-0.3, -0.25) is 4.79 Å². The van der Waals surface area contributed by atoms with Gasteiger partial charge in [-0.25, -0.2) is 4.98 Å². The van der Waals surface area contributed by atoms with Crippen LogP contribution in [0.5, 0.6) is 0 Å². The number of fused-ring (bicyclic) bond motifs is 1. The van der Waals surface area contributed by atoms with Crippen molar-refractivity contribution in [3.8, 4) is 11.5 Å². The smallest absolute Gasteiger partial charge is 0.228 e. The Balaban J connectivity index is 1.52. The largest absolute Gasteiger partial charge is 0.436 e. The Hall–Kier alpha value is -3.40. The lowest BCUT2D eigenvalue weighted by atomic mass is 9.87. The number of benzene rings is 3. The number of aromatic nitrogens is 1. The number of carbonyl (C=O) groups is 1. The van der Waals surface area contributed by atoms with Crippen molar-refractivity contribution in [3.05, 3.63) is 83.9 Å². The van der Waals surface area contributed by atoms with Gasteiger partial charge < -0.3 is 9.73 Å². The van der Waals surface area contributed by atoms with Crippen molar-refractivity contribution in [2.24, 2.45) is 0 Å². The van der Waals surface area contributed by atoms with Crippen LogP contribution in [0.2, 0.25) is 0 Å². The molecule has 0 spiro atoms. The molecule has 0 saturated heterocycles. The van der Waals surface area contributed by atoms with Gasteiger partial charge in [-0.2, -0.15) is 0 Å². The third-order valence-corrected chi connectivity index (χ3v) is 4.88. The minimum atomic E-state index is -0.0620. The van der Waals surface area contributed by atoms with Crippen molar-refractivity contribution in [1.82, 2.24) is 4.98 Å². The molecule has 3 aromatic carbocycles. The molecule has 0 bridgehead atoms. The van der Waals surface area contributed by atoms with E-state index in [1.54, 1.807) is 0 Å². The van der Waals surface area contributed by atoms with Gasteiger partial charge in [0.2, 0.25) is 11.8 Å². The van der Waals surface area contributed by atoms with E-state index in [-0.39, 0.29) is 11.3 Å². The van der Waals surface area contributed by atoms with Crippen molar-refractivity contribution in [2.75, 3.05) is 5.32 Å². The van der Waals surface area contributed by atoms with E-state index in [4.69, 9.17) is 4.42 Å². The van der Waals surface area contributed by atoms with E-state index in [0.29, 0.717) is 23.6 Å². The average molecular weight is 384 g/mol. The molecule has 0 saturated carbocycles. The Bertz CT molecular complexity index is 1140. The summed E-state index contributed by atoms with van der Waals surface area (Å²) in [6.07, 6.45) is 0.334. The number of oxazole rings is 1. The third kappa shape index (κ3) is 4.37. The molecule has 4 nitrogen and oxygen atoms in total. The van der Waals surface area contributed by atoms with Crippen LogP contribution in [0, 0.1) is 0 Å². The molecule has 0 unspecified atom stereocenters. The molecule has 0 aliphatic rings. The van der Waals surface area contributed by atoms with E-state index < -0.39 is 0 Å². The Kier molecular flexibility index (Phi) is 4.93. The van der Waals surface area contributed by atoms with Gasteiger partial charge in [-0.1, -0.05) is 63.2 Å². The molecule has 4 aromatic rings. The van der Waals surface area contributed by atoms with E-state index in [1.807, 2.05) is 60.7 Å². The lowest BCUT2D eigenvalue weighted by Crippen LogP contribution is -2.14. The summed E-state index contributed by atoms with van der Waals surface area (Å²) >= 11 is 0. The van der Waals surface area contributed by atoms with Gasteiger partial charge in [0.1, 0.15) is 5.52 Å². The van der Waals surface area contributed by atoms with Crippen LogP contribution in [0.4, 0.5) is 5.69 Å². The molecule has 146 valence electrons. The van der Waals surface area contributed by atoms with Crippen molar-refractivity contribution in [2.45, 2.75) is 32.6 Å². The summed E-state index contributed by atoms with van der Waals surface area (Å²) in [6.45, 7) is 6.57. The van der Waals surface area contributed by atoms with Gasteiger partial charge in [0.05, 0.1) is 6.42 Å². The monoisotopic (exact) mass is 384 g/mol. The number of amides is 1. The molecule has 0 fully saturated rings. The maximum atomic E-state index is 12.3. The maximum absolute atomic E-state index is 12.3. The molecule has 29 heavy (non-hydrogen) atoms. The zero-order valence-corrected chi connectivity index (χ0v) is 16.9. The van der Waals surface area contributed by atoms with Crippen molar-refractivity contribution >= 4 is 22.7 Å². The molecule has 0 atom stereocenters. The zero-order valence-electron chi connectivity index (χ0n) is 16.9. The van der Waals surface area contributed by atoms with E-state index in [0.717, 1.165) is 16.6 Å². The summed E-state index contributed by atoms with van der Waals surface area (Å²) in [7, 11) is 0. The van der Waals surface area contributed by atoms with Crippen LogP contribution >= 0.6 is 0 Å². The van der Waals surface area contributed by atoms with Crippen molar-refractivity contribution < 1.29 is 9.21 Å². The second-order valence-electron chi connectivity index (χ2n) is 8.24. The van der Waals surface area contributed by atoms with E-state index in [9.17, 15) is 4.79 Å². The fourth-order valence-electron chi connectivity index (χ4n) is 3.23. The van der Waals surface area contributed by atoms with Gasteiger partial charge in [-0.05, 0) is 40.8 Å². The molecular weight excluding hydrogens is 360 g/mol. The number of anilines is 1. The summed E-state index contributed by atoms with van der Waals surface area (Å²) in [6, 6.07) is 23.5. The molecule has 4 heteroatoms. The molecule has 1 N–H and O–H groups in total.